The van der Waals surface area contributed by atoms with Crippen LogP contribution < -0.4 is 5.32 Å². The van der Waals surface area contributed by atoms with E-state index in [1.165, 1.54) is 7.11 Å². The summed E-state index contributed by atoms with van der Waals surface area (Å²) in [4.78, 5) is 11.8. The molecule has 92 valence electrons. The topological polar surface area (TPSA) is 38.3 Å². The Kier molecular flexibility index (Phi) is 3.78. The lowest BCUT2D eigenvalue weighted by Gasteiger charge is -2.30. The van der Waals surface area contributed by atoms with E-state index < -0.39 is 0 Å². The number of rotatable bonds is 1. The van der Waals surface area contributed by atoms with Crippen LogP contribution in [0.4, 0.5) is 5.69 Å². The molecule has 0 saturated heterocycles. The van der Waals surface area contributed by atoms with Crippen molar-refractivity contribution in [2.24, 2.45) is 0 Å². The van der Waals surface area contributed by atoms with Crippen LogP contribution in [0.2, 0.25) is 0 Å². The summed E-state index contributed by atoms with van der Waals surface area (Å²) in [5.74, 6) is -0.371. The van der Waals surface area contributed by atoms with E-state index in [4.69, 9.17) is 4.74 Å². The predicted octanol–water partition coefficient (Wildman–Crippen LogP) is 3.67. The molecule has 0 saturated carbocycles. The first-order chi connectivity index (χ1) is 8.02. The molecule has 2 rings (SSSR count). The number of hydrogen-bond acceptors (Lipinski definition) is 3. The summed E-state index contributed by atoms with van der Waals surface area (Å²) in [5, 5.41) is 3.39. The third-order valence-electron chi connectivity index (χ3n) is 2.93. The molecule has 0 spiro atoms. The number of ether oxygens (including phenoxy) is 1. The van der Waals surface area contributed by atoms with E-state index in [1.54, 1.807) is 0 Å². The molecule has 1 aromatic carbocycles. The van der Waals surface area contributed by atoms with Gasteiger partial charge in [-0.2, -0.15) is 0 Å². The lowest BCUT2D eigenvalue weighted by molar-refractivity contribution is -0.142. The van der Waals surface area contributed by atoms with E-state index in [0.717, 1.165) is 26.6 Å². The minimum atomic E-state index is -0.194. The molecule has 2 atom stereocenters. The number of nitrogens with one attached hydrogen (secondary N) is 1. The van der Waals surface area contributed by atoms with E-state index in [1.807, 2.05) is 12.1 Å². The molecule has 0 aliphatic carbocycles. The number of halogens is 2. The quantitative estimate of drug-likeness (QED) is 0.774. The van der Waals surface area contributed by atoms with E-state index in [9.17, 15) is 4.79 Å². The highest BCUT2D eigenvalue weighted by Gasteiger charge is 2.31. The molecule has 0 bridgehead atoms. The van der Waals surface area contributed by atoms with Crippen molar-refractivity contribution in [2.45, 2.75) is 25.3 Å². The van der Waals surface area contributed by atoms with Gasteiger partial charge in [0.15, 0.2) is 0 Å². The Morgan fingerprint density at radius 3 is 2.82 bits per heavy atom. The fourth-order valence-electron chi connectivity index (χ4n) is 2.17. The van der Waals surface area contributed by atoms with Crippen LogP contribution in [0.25, 0.3) is 0 Å². The number of hydrogen-bond donors (Lipinski definition) is 1. The maximum Gasteiger partial charge on any atom is 0.313 e. The van der Waals surface area contributed by atoms with Gasteiger partial charge in [-0.15, -0.1) is 0 Å². The second kappa shape index (κ2) is 4.98. The van der Waals surface area contributed by atoms with Gasteiger partial charge in [0.25, 0.3) is 0 Å². The van der Waals surface area contributed by atoms with E-state index in [2.05, 4.69) is 44.1 Å². The highest BCUT2D eigenvalue weighted by molar-refractivity contribution is 9.11. The molecule has 3 nitrogen and oxygen atoms in total. The average Bonchev–Trinajstić information content (AvgIpc) is 2.28. The van der Waals surface area contributed by atoms with Crippen molar-refractivity contribution >= 4 is 43.5 Å². The van der Waals surface area contributed by atoms with Crippen molar-refractivity contribution in [2.75, 3.05) is 12.4 Å². The van der Waals surface area contributed by atoms with Crippen LogP contribution in [0.5, 0.6) is 0 Å². The first-order valence-electron chi connectivity index (χ1n) is 5.36. The number of anilines is 1. The molecule has 0 radical (unpaired) electrons. The highest BCUT2D eigenvalue weighted by atomic mass is 79.9. The zero-order valence-corrected chi connectivity index (χ0v) is 12.8. The monoisotopic (exact) mass is 361 g/mol. The second-order valence-corrected chi connectivity index (χ2v) is 5.98. The molecule has 0 aromatic heterocycles. The van der Waals surface area contributed by atoms with Crippen LogP contribution in [0, 0.1) is 0 Å². The maximum absolute atomic E-state index is 11.8. The lowest BCUT2D eigenvalue weighted by atomic mass is 9.87. The summed E-state index contributed by atoms with van der Waals surface area (Å²) in [7, 11) is 1.43. The van der Waals surface area contributed by atoms with Gasteiger partial charge in [0.1, 0.15) is 0 Å². The molecule has 0 amide bonds. The van der Waals surface area contributed by atoms with Gasteiger partial charge in [0, 0.05) is 15.0 Å². The van der Waals surface area contributed by atoms with Crippen molar-refractivity contribution < 1.29 is 9.53 Å². The Bertz CT molecular complexity index is 462. The molecule has 5 heteroatoms. The van der Waals surface area contributed by atoms with Crippen LogP contribution in [0.1, 0.15) is 24.8 Å². The van der Waals surface area contributed by atoms with Crippen LogP contribution in [0.3, 0.4) is 0 Å². The third kappa shape index (κ3) is 2.50. The van der Waals surface area contributed by atoms with Crippen LogP contribution in [-0.2, 0) is 9.53 Å². The summed E-state index contributed by atoms with van der Waals surface area (Å²) < 4.78 is 6.79. The van der Waals surface area contributed by atoms with Gasteiger partial charge in [-0.3, -0.25) is 4.79 Å². The molecule has 0 fully saturated rings. The van der Waals surface area contributed by atoms with Gasteiger partial charge in [-0.25, -0.2) is 0 Å². The van der Waals surface area contributed by atoms with Crippen LogP contribution in [-0.4, -0.2) is 19.1 Å². The summed E-state index contributed by atoms with van der Waals surface area (Å²) in [6.45, 7) is 2.06. The standard InChI is InChI=1S/C12H13Br2NO2/c1-6-3-9(12(16)17-2)8-4-7(13)5-10(14)11(8)15-6/h4-6,9,15H,3H2,1-2H3. The molecule has 1 aliphatic heterocycles. The Hall–Kier alpha value is -0.550. The lowest BCUT2D eigenvalue weighted by Crippen LogP contribution is -2.30. The fourth-order valence-corrected chi connectivity index (χ4v) is 3.54. The van der Waals surface area contributed by atoms with Crippen molar-refractivity contribution in [1.82, 2.24) is 0 Å². The van der Waals surface area contributed by atoms with E-state index >= 15 is 0 Å². The van der Waals surface area contributed by atoms with Gasteiger partial charge >= 0.3 is 5.97 Å². The SMILES string of the molecule is COC(=O)C1CC(C)Nc2c(Br)cc(Br)cc21. The molecular weight excluding hydrogens is 350 g/mol. The molecule has 2 unspecified atom stereocenters. The van der Waals surface area contributed by atoms with Crippen LogP contribution in [0.15, 0.2) is 21.1 Å². The number of fused-ring (bicyclic) bond motifs is 1. The van der Waals surface area contributed by atoms with E-state index in [0.29, 0.717) is 0 Å². The number of carbonyl (C=O) groups excluding carboxylic acids is 1. The van der Waals surface area contributed by atoms with Crippen molar-refractivity contribution in [3.63, 3.8) is 0 Å². The van der Waals surface area contributed by atoms with Crippen molar-refractivity contribution in [1.29, 1.82) is 0 Å². The normalized spacial score (nSPS) is 22.6. The Balaban J connectivity index is 2.52. The smallest absolute Gasteiger partial charge is 0.313 e. The van der Waals surface area contributed by atoms with Gasteiger partial charge in [0.05, 0.1) is 18.7 Å². The predicted molar refractivity (Wildman–Crippen MR) is 74.3 cm³/mol. The Labute approximate surface area is 117 Å². The average molecular weight is 363 g/mol. The van der Waals surface area contributed by atoms with E-state index in [-0.39, 0.29) is 17.9 Å². The zero-order chi connectivity index (χ0) is 12.6. The Morgan fingerprint density at radius 2 is 2.18 bits per heavy atom. The van der Waals surface area contributed by atoms with Gasteiger partial charge in [-0.1, -0.05) is 15.9 Å². The first kappa shape index (κ1) is 12.9. The fraction of sp³-hybridized carbons (Fsp3) is 0.417. The molecule has 17 heavy (non-hydrogen) atoms. The zero-order valence-electron chi connectivity index (χ0n) is 9.59. The number of methoxy groups -OCH3 is 1. The third-order valence-corrected chi connectivity index (χ3v) is 4.01. The highest BCUT2D eigenvalue weighted by Crippen LogP contribution is 2.41. The minimum absolute atomic E-state index is 0.176. The number of benzene rings is 1. The molecular formula is C12H13Br2NO2. The second-order valence-electron chi connectivity index (χ2n) is 4.21. The summed E-state index contributed by atoms with van der Waals surface area (Å²) in [6, 6.07) is 4.20. The number of esters is 1. The van der Waals surface area contributed by atoms with Crippen molar-refractivity contribution in [3.05, 3.63) is 26.6 Å². The minimum Gasteiger partial charge on any atom is -0.469 e. The summed E-state index contributed by atoms with van der Waals surface area (Å²) in [5.41, 5.74) is 1.97. The van der Waals surface area contributed by atoms with Crippen molar-refractivity contribution in [3.8, 4) is 0 Å². The van der Waals surface area contributed by atoms with Gasteiger partial charge in [0.2, 0.25) is 0 Å². The number of carbonyl (C=O) groups is 1. The molecule has 1 heterocycles. The summed E-state index contributed by atoms with van der Waals surface area (Å²) in [6.07, 6.45) is 0.753. The van der Waals surface area contributed by atoms with Gasteiger partial charge in [-0.05, 0) is 47.0 Å². The van der Waals surface area contributed by atoms with Gasteiger partial charge < -0.3 is 10.1 Å². The van der Waals surface area contributed by atoms with Crippen LogP contribution >= 0.6 is 31.9 Å². The first-order valence-corrected chi connectivity index (χ1v) is 6.95. The molecule has 1 N–H and O–H groups in total. The Morgan fingerprint density at radius 1 is 1.47 bits per heavy atom. The summed E-state index contributed by atoms with van der Waals surface area (Å²) >= 11 is 6.96. The molecule has 1 aliphatic rings. The maximum atomic E-state index is 11.8. The molecule has 1 aromatic rings. The largest absolute Gasteiger partial charge is 0.469 e.